The molecule has 6 nitrogen and oxygen atoms in total. The monoisotopic (exact) mass is 273 g/mol. The van der Waals surface area contributed by atoms with Crippen LogP contribution in [-0.2, 0) is 17.9 Å². The van der Waals surface area contributed by atoms with Crippen LogP contribution in [-0.4, -0.2) is 20.7 Å². The summed E-state index contributed by atoms with van der Waals surface area (Å²) in [5, 5.41) is 7.08. The summed E-state index contributed by atoms with van der Waals surface area (Å²) < 4.78 is 1.74. The molecule has 0 aliphatic heterocycles. The number of nitrogens with zero attached hydrogens (tertiary/aromatic N) is 3. The van der Waals surface area contributed by atoms with E-state index < -0.39 is 0 Å². The van der Waals surface area contributed by atoms with Crippen molar-refractivity contribution in [1.82, 2.24) is 14.8 Å². The minimum absolute atomic E-state index is 0.0493. The molecule has 6 heteroatoms. The Kier molecular flexibility index (Phi) is 4.47. The number of aromatic nitrogens is 3. The quantitative estimate of drug-likeness (QED) is 0.861. The zero-order valence-corrected chi connectivity index (χ0v) is 11.8. The number of hydrogen-bond acceptors (Lipinski definition) is 4. The Bertz CT molecular complexity index is 605. The van der Waals surface area contributed by atoms with E-state index in [9.17, 15) is 4.79 Å². The first-order valence-corrected chi connectivity index (χ1v) is 6.55. The Labute approximate surface area is 118 Å². The van der Waals surface area contributed by atoms with Gasteiger partial charge in [0.05, 0.1) is 6.54 Å². The van der Waals surface area contributed by atoms with Crippen molar-refractivity contribution in [2.45, 2.75) is 33.4 Å². The number of aryl methyl sites for hydroxylation is 3. The molecular weight excluding hydrogens is 254 g/mol. The maximum atomic E-state index is 11.9. The molecule has 1 heterocycles. The number of nitrogens with two attached hydrogens (primary N) is 1. The molecule has 3 N–H and O–H groups in total. The van der Waals surface area contributed by atoms with E-state index in [1.807, 2.05) is 38.1 Å². The van der Waals surface area contributed by atoms with E-state index >= 15 is 0 Å². The number of benzene rings is 1. The zero-order valence-electron chi connectivity index (χ0n) is 11.8. The fourth-order valence-electron chi connectivity index (χ4n) is 1.98. The van der Waals surface area contributed by atoms with Crippen molar-refractivity contribution < 1.29 is 4.79 Å². The summed E-state index contributed by atoms with van der Waals surface area (Å²) in [5.74, 6) is 1.49. The first kappa shape index (κ1) is 14.2. The Morgan fingerprint density at radius 2 is 2.20 bits per heavy atom. The van der Waals surface area contributed by atoms with Crippen molar-refractivity contribution in [1.29, 1.82) is 0 Å². The lowest BCUT2D eigenvalue weighted by Gasteiger charge is -2.07. The number of hydrogen-bond donors (Lipinski definition) is 2. The molecule has 1 aromatic carbocycles. The van der Waals surface area contributed by atoms with Crippen LogP contribution in [0.15, 0.2) is 24.3 Å². The highest BCUT2D eigenvalue weighted by Gasteiger charge is 2.07. The SMILES string of the molecule is Cc1nc(C)n(CCC(=O)Nc2cccc(CN)c2)n1. The fraction of sp³-hybridized carbons (Fsp3) is 0.357. The smallest absolute Gasteiger partial charge is 0.226 e. The third-order valence-electron chi connectivity index (χ3n) is 2.96. The van der Waals surface area contributed by atoms with Gasteiger partial charge < -0.3 is 11.1 Å². The number of nitrogens with one attached hydrogen (secondary N) is 1. The summed E-state index contributed by atoms with van der Waals surface area (Å²) in [6.07, 6.45) is 0.358. The molecule has 106 valence electrons. The van der Waals surface area contributed by atoms with E-state index in [1.54, 1.807) is 4.68 Å². The third kappa shape index (κ3) is 3.64. The van der Waals surface area contributed by atoms with Gasteiger partial charge in [-0.1, -0.05) is 12.1 Å². The molecule has 0 aliphatic carbocycles. The number of rotatable bonds is 5. The summed E-state index contributed by atoms with van der Waals surface area (Å²) in [5.41, 5.74) is 7.33. The van der Waals surface area contributed by atoms with Gasteiger partial charge in [-0.3, -0.25) is 4.79 Å². The van der Waals surface area contributed by atoms with Crippen LogP contribution in [0.3, 0.4) is 0 Å². The van der Waals surface area contributed by atoms with E-state index in [0.29, 0.717) is 19.5 Å². The molecule has 0 saturated carbocycles. The van der Waals surface area contributed by atoms with Gasteiger partial charge in [0, 0.05) is 18.7 Å². The van der Waals surface area contributed by atoms with Crippen LogP contribution in [0.1, 0.15) is 23.6 Å². The van der Waals surface area contributed by atoms with Crippen LogP contribution in [0, 0.1) is 13.8 Å². The maximum Gasteiger partial charge on any atom is 0.226 e. The molecule has 1 aromatic heterocycles. The molecule has 2 rings (SSSR count). The predicted molar refractivity (Wildman–Crippen MR) is 77.1 cm³/mol. The van der Waals surface area contributed by atoms with Crippen molar-refractivity contribution in [3.8, 4) is 0 Å². The van der Waals surface area contributed by atoms with Gasteiger partial charge in [-0.05, 0) is 31.5 Å². The van der Waals surface area contributed by atoms with Crippen molar-refractivity contribution in [3.05, 3.63) is 41.5 Å². The third-order valence-corrected chi connectivity index (χ3v) is 2.96. The minimum Gasteiger partial charge on any atom is -0.326 e. The zero-order chi connectivity index (χ0) is 14.5. The highest BCUT2D eigenvalue weighted by molar-refractivity contribution is 5.90. The highest BCUT2D eigenvalue weighted by Crippen LogP contribution is 2.10. The molecule has 0 saturated heterocycles. The Balaban J connectivity index is 1.90. The Hall–Kier alpha value is -2.21. The van der Waals surface area contributed by atoms with Crippen LogP contribution in [0.25, 0.3) is 0 Å². The molecule has 0 spiro atoms. The lowest BCUT2D eigenvalue weighted by atomic mass is 10.2. The van der Waals surface area contributed by atoms with Gasteiger partial charge in [0.25, 0.3) is 0 Å². The lowest BCUT2D eigenvalue weighted by molar-refractivity contribution is -0.116. The molecule has 0 atom stereocenters. The van der Waals surface area contributed by atoms with Crippen LogP contribution in [0.5, 0.6) is 0 Å². The van der Waals surface area contributed by atoms with Gasteiger partial charge in [0.2, 0.25) is 5.91 Å². The molecule has 20 heavy (non-hydrogen) atoms. The maximum absolute atomic E-state index is 11.9. The highest BCUT2D eigenvalue weighted by atomic mass is 16.1. The molecule has 2 aromatic rings. The first-order chi connectivity index (χ1) is 9.58. The normalized spacial score (nSPS) is 10.6. The summed E-state index contributed by atoms with van der Waals surface area (Å²) in [7, 11) is 0. The van der Waals surface area contributed by atoms with Crippen molar-refractivity contribution in [3.63, 3.8) is 0 Å². The molecule has 0 unspecified atom stereocenters. The van der Waals surface area contributed by atoms with Crippen LogP contribution < -0.4 is 11.1 Å². The summed E-state index contributed by atoms with van der Waals surface area (Å²) in [6.45, 7) is 4.70. The minimum atomic E-state index is -0.0493. The fourth-order valence-corrected chi connectivity index (χ4v) is 1.98. The number of carbonyl (C=O) groups excluding carboxylic acids is 1. The molecule has 0 aliphatic rings. The molecular formula is C14H19N5O. The van der Waals surface area contributed by atoms with Gasteiger partial charge in [0.1, 0.15) is 11.6 Å². The van der Waals surface area contributed by atoms with E-state index in [-0.39, 0.29) is 5.91 Å². The van der Waals surface area contributed by atoms with Gasteiger partial charge in [0.15, 0.2) is 0 Å². The Morgan fingerprint density at radius 3 is 2.85 bits per heavy atom. The average Bonchev–Trinajstić information content (AvgIpc) is 2.75. The first-order valence-electron chi connectivity index (χ1n) is 6.55. The molecule has 1 amide bonds. The standard InChI is InChI=1S/C14H19N5O/c1-10-16-11(2)19(18-10)7-6-14(20)17-13-5-3-4-12(8-13)9-15/h3-5,8H,6-7,9,15H2,1-2H3,(H,17,20). The van der Waals surface area contributed by atoms with E-state index in [4.69, 9.17) is 5.73 Å². The summed E-state index contributed by atoms with van der Waals surface area (Å²) in [4.78, 5) is 16.1. The number of amides is 1. The van der Waals surface area contributed by atoms with E-state index in [1.165, 1.54) is 0 Å². The largest absolute Gasteiger partial charge is 0.326 e. The van der Waals surface area contributed by atoms with E-state index in [2.05, 4.69) is 15.4 Å². The van der Waals surface area contributed by atoms with Crippen molar-refractivity contribution >= 4 is 11.6 Å². The van der Waals surface area contributed by atoms with Gasteiger partial charge >= 0.3 is 0 Å². The summed E-state index contributed by atoms with van der Waals surface area (Å²) >= 11 is 0. The van der Waals surface area contributed by atoms with Gasteiger partial charge in [-0.15, -0.1) is 0 Å². The number of carbonyl (C=O) groups is 1. The second-order valence-corrected chi connectivity index (χ2v) is 4.63. The Morgan fingerprint density at radius 1 is 1.40 bits per heavy atom. The van der Waals surface area contributed by atoms with Crippen LogP contribution >= 0.6 is 0 Å². The second-order valence-electron chi connectivity index (χ2n) is 4.63. The topological polar surface area (TPSA) is 85.8 Å². The molecule has 0 fully saturated rings. The van der Waals surface area contributed by atoms with Crippen LogP contribution in [0.4, 0.5) is 5.69 Å². The average molecular weight is 273 g/mol. The van der Waals surface area contributed by atoms with Gasteiger partial charge in [-0.2, -0.15) is 5.10 Å². The predicted octanol–water partition coefficient (Wildman–Crippen LogP) is 1.38. The van der Waals surface area contributed by atoms with Crippen LogP contribution in [0.2, 0.25) is 0 Å². The number of anilines is 1. The lowest BCUT2D eigenvalue weighted by Crippen LogP contribution is -2.16. The molecule has 0 radical (unpaired) electrons. The molecule has 0 bridgehead atoms. The van der Waals surface area contributed by atoms with Gasteiger partial charge in [-0.25, -0.2) is 9.67 Å². The second kappa shape index (κ2) is 6.29. The van der Waals surface area contributed by atoms with Crippen molar-refractivity contribution in [2.75, 3.05) is 5.32 Å². The summed E-state index contributed by atoms with van der Waals surface area (Å²) in [6, 6.07) is 7.53. The van der Waals surface area contributed by atoms with E-state index in [0.717, 1.165) is 22.9 Å². The van der Waals surface area contributed by atoms with Crippen molar-refractivity contribution in [2.24, 2.45) is 5.73 Å².